The third-order valence-electron chi connectivity index (χ3n) is 20.9. The van der Waals surface area contributed by atoms with E-state index in [1.54, 1.807) is 5.57 Å². The molecule has 0 heterocycles. The van der Waals surface area contributed by atoms with Gasteiger partial charge in [0.2, 0.25) is 0 Å². The van der Waals surface area contributed by atoms with Crippen LogP contribution in [-0.4, -0.2) is 44.3 Å². The zero-order valence-electron chi connectivity index (χ0n) is 66.5. The van der Waals surface area contributed by atoms with Crippen molar-refractivity contribution in [1.29, 1.82) is 0 Å². The molecular weight excluding hydrogens is 1220 g/mol. The predicted molar refractivity (Wildman–Crippen MR) is 431 cm³/mol. The van der Waals surface area contributed by atoms with E-state index in [-0.39, 0.29) is 0 Å². The Bertz CT molecular complexity index is 2010. The van der Waals surface area contributed by atoms with Gasteiger partial charge in [0.05, 0.1) is 0 Å². The van der Waals surface area contributed by atoms with E-state index < -0.39 is 23.9 Å². The quantitative estimate of drug-likeness (QED) is 0.0267. The average Bonchev–Trinajstić information content (AvgIpc) is 0.821. The Morgan fingerprint density at radius 2 is 0.667 bits per heavy atom. The van der Waals surface area contributed by atoms with Crippen molar-refractivity contribution in [2.45, 2.75) is 428 Å². The summed E-state index contributed by atoms with van der Waals surface area (Å²) in [4.78, 5) is 42.4. The Morgan fingerprint density at radius 1 is 0.333 bits per heavy atom. The standard InChI is InChI=1S/C36H64O4.C29H50O2.C26H50O2/c1-3-5-17-23-31-29-30-32(24-19-13-11-12-16-22-28-36(39)40)34(33(31)25-18-6-4-2)26-20-14-9-7-8-10-15-21-27-35(37)38;1-4-7-17-22-27(23-18-8-5-2)28(24-19-9-6-3)25-20-15-13-11-10-12-14-16-21-26-29(30)31;1-4-6-8-10-11-13-17-21-25(24(3)20-16-9-7-5-2)22-18-14-12-15-19-23-26(27)28/h14,20,29-34H,3-13,15-19,21-28H2,1-2H3,(H,37,38)(H,39,40);4,7,13,15,17,20,22,25,27-28H,5-6,8-12,14,16,18-19,21,23-24,26H2,1-3H3,(H,30,31);21,24H,4-20,22-23H2,1-3H3,(H,27,28). The van der Waals surface area contributed by atoms with E-state index in [0.29, 0.717) is 43.4 Å². The van der Waals surface area contributed by atoms with Crippen LogP contribution in [0.1, 0.15) is 428 Å². The van der Waals surface area contributed by atoms with Crippen molar-refractivity contribution >= 4 is 23.9 Å². The van der Waals surface area contributed by atoms with E-state index in [1.807, 2.05) is 0 Å². The Balaban J connectivity index is 0. The van der Waals surface area contributed by atoms with Crippen LogP contribution in [0.4, 0.5) is 0 Å². The Kier molecular flexibility index (Phi) is 75.2. The highest BCUT2D eigenvalue weighted by Gasteiger charge is 2.34. The van der Waals surface area contributed by atoms with Crippen LogP contribution in [0.15, 0.2) is 84.6 Å². The maximum Gasteiger partial charge on any atom is 0.303 e. The average molecular weight is 1390 g/mol. The molecule has 0 radical (unpaired) electrons. The number of carboxylic acid groups (broad SMARTS) is 4. The zero-order valence-corrected chi connectivity index (χ0v) is 66.5. The molecule has 0 spiro atoms. The normalized spacial score (nSPS) is 16.6. The second kappa shape index (κ2) is 76.7. The molecular formula is C91H164O8. The smallest absolute Gasteiger partial charge is 0.303 e. The van der Waals surface area contributed by atoms with Gasteiger partial charge in [-0.05, 0) is 170 Å². The maximum atomic E-state index is 10.7. The monoisotopic (exact) mass is 1390 g/mol. The largest absolute Gasteiger partial charge is 0.481 e. The van der Waals surface area contributed by atoms with Gasteiger partial charge in [-0.2, -0.15) is 0 Å². The van der Waals surface area contributed by atoms with E-state index in [4.69, 9.17) is 20.4 Å². The zero-order chi connectivity index (χ0) is 73.1. The molecule has 0 amide bonds. The maximum absolute atomic E-state index is 10.7. The number of hydrogen-bond acceptors (Lipinski definition) is 4. The van der Waals surface area contributed by atoms with Gasteiger partial charge in [0, 0.05) is 25.7 Å². The van der Waals surface area contributed by atoms with Crippen LogP contribution in [0, 0.1) is 41.4 Å². The van der Waals surface area contributed by atoms with Crippen LogP contribution >= 0.6 is 0 Å². The second-order valence-corrected chi connectivity index (χ2v) is 30.0. The molecule has 0 aromatic carbocycles. The van der Waals surface area contributed by atoms with Crippen molar-refractivity contribution in [3.05, 3.63) is 84.6 Å². The lowest BCUT2D eigenvalue weighted by Gasteiger charge is -2.40. The molecule has 7 atom stereocenters. The third-order valence-corrected chi connectivity index (χ3v) is 20.9. The predicted octanol–water partition coefficient (Wildman–Crippen LogP) is 29.7. The van der Waals surface area contributed by atoms with Crippen molar-refractivity contribution in [3.63, 3.8) is 0 Å². The van der Waals surface area contributed by atoms with Crippen molar-refractivity contribution in [2.24, 2.45) is 41.4 Å². The lowest BCUT2D eigenvalue weighted by atomic mass is 9.65. The molecule has 1 aliphatic carbocycles. The third kappa shape index (κ3) is 67.0. The Hall–Kier alpha value is -3.94. The minimum absolute atomic E-state index is 0.308. The molecule has 0 aliphatic heterocycles. The molecule has 8 heteroatoms. The van der Waals surface area contributed by atoms with Gasteiger partial charge in [-0.1, -0.05) is 358 Å². The highest BCUT2D eigenvalue weighted by atomic mass is 16.4. The van der Waals surface area contributed by atoms with Gasteiger partial charge in [-0.15, -0.1) is 0 Å². The minimum atomic E-state index is -0.674. The Morgan fingerprint density at radius 3 is 1.12 bits per heavy atom. The van der Waals surface area contributed by atoms with E-state index in [0.717, 1.165) is 101 Å². The topological polar surface area (TPSA) is 149 Å². The molecule has 576 valence electrons. The van der Waals surface area contributed by atoms with Gasteiger partial charge in [0.15, 0.2) is 0 Å². The summed E-state index contributed by atoms with van der Waals surface area (Å²) in [5.74, 6) is 2.35. The summed E-state index contributed by atoms with van der Waals surface area (Å²) in [7, 11) is 0. The molecule has 0 saturated heterocycles. The number of carboxylic acids is 4. The number of hydrogen-bond donors (Lipinski definition) is 4. The molecule has 99 heavy (non-hydrogen) atoms. The molecule has 1 rings (SSSR count). The summed E-state index contributed by atoms with van der Waals surface area (Å²) in [5, 5.41) is 35.0. The summed E-state index contributed by atoms with van der Waals surface area (Å²) in [5.41, 5.74) is 1.70. The number of carbonyl (C=O) groups is 4. The SMILES string of the molecule is CC=CC=CC(CCCCC)C(C=CC=CCCCCCCCC(=O)O)CCCCC.CCCCCC1C=CC(CCCCCCCCC(=O)O)C(CC=CCCCCCCCC(=O)O)C1CCCCC.CCCCCCCCC=C(CCCCCCCC(=O)O)C(C)CCCCCC. The number of aliphatic carboxylic acids is 4. The van der Waals surface area contributed by atoms with Crippen LogP contribution in [0.5, 0.6) is 0 Å². The summed E-state index contributed by atoms with van der Waals surface area (Å²) in [6.07, 6.45) is 98.9. The van der Waals surface area contributed by atoms with Gasteiger partial charge >= 0.3 is 23.9 Å². The highest BCUT2D eigenvalue weighted by Crippen LogP contribution is 2.44. The van der Waals surface area contributed by atoms with E-state index >= 15 is 0 Å². The van der Waals surface area contributed by atoms with E-state index in [1.165, 1.54) is 270 Å². The van der Waals surface area contributed by atoms with Crippen LogP contribution in [0.3, 0.4) is 0 Å². The summed E-state index contributed by atoms with van der Waals surface area (Å²) in [6, 6.07) is 0. The summed E-state index contributed by atoms with van der Waals surface area (Å²) < 4.78 is 0. The van der Waals surface area contributed by atoms with Gasteiger partial charge in [-0.25, -0.2) is 0 Å². The molecule has 7 unspecified atom stereocenters. The van der Waals surface area contributed by atoms with Crippen molar-refractivity contribution in [2.75, 3.05) is 0 Å². The lowest BCUT2D eigenvalue weighted by molar-refractivity contribution is -0.138. The molecule has 0 aromatic rings. The van der Waals surface area contributed by atoms with Crippen LogP contribution in [0.2, 0.25) is 0 Å². The van der Waals surface area contributed by atoms with Gasteiger partial charge in [0.1, 0.15) is 0 Å². The molecule has 0 bridgehead atoms. The molecule has 4 N–H and O–H groups in total. The van der Waals surface area contributed by atoms with E-state index in [9.17, 15) is 19.2 Å². The lowest BCUT2D eigenvalue weighted by Crippen LogP contribution is -2.31. The van der Waals surface area contributed by atoms with E-state index in [2.05, 4.69) is 134 Å². The molecule has 8 nitrogen and oxygen atoms in total. The van der Waals surface area contributed by atoms with Crippen molar-refractivity contribution in [3.8, 4) is 0 Å². The molecule has 0 aromatic heterocycles. The summed E-state index contributed by atoms with van der Waals surface area (Å²) in [6.45, 7) is 18.3. The summed E-state index contributed by atoms with van der Waals surface area (Å²) >= 11 is 0. The number of rotatable bonds is 69. The fourth-order valence-corrected chi connectivity index (χ4v) is 14.6. The minimum Gasteiger partial charge on any atom is -0.481 e. The van der Waals surface area contributed by atoms with Crippen molar-refractivity contribution < 1.29 is 39.6 Å². The molecule has 0 fully saturated rings. The van der Waals surface area contributed by atoms with Crippen LogP contribution in [0.25, 0.3) is 0 Å². The number of unbranched alkanes of at least 4 members (excludes halogenated alkanes) is 36. The fraction of sp³-hybridized carbons (Fsp3) is 0.802. The van der Waals surface area contributed by atoms with Crippen LogP contribution in [-0.2, 0) is 19.2 Å². The molecule has 1 aliphatic rings. The van der Waals surface area contributed by atoms with Crippen LogP contribution < -0.4 is 0 Å². The van der Waals surface area contributed by atoms with Gasteiger partial charge in [-0.3, -0.25) is 19.2 Å². The van der Waals surface area contributed by atoms with Crippen molar-refractivity contribution in [1.82, 2.24) is 0 Å². The first-order valence-corrected chi connectivity index (χ1v) is 42.8. The number of allylic oxidation sites excluding steroid dienone is 14. The fourth-order valence-electron chi connectivity index (χ4n) is 14.6. The Labute approximate surface area is 614 Å². The first-order chi connectivity index (χ1) is 48.3. The first kappa shape index (κ1) is 97.1. The second-order valence-electron chi connectivity index (χ2n) is 30.0. The van der Waals surface area contributed by atoms with Gasteiger partial charge < -0.3 is 20.4 Å². The van der Waals surface area contributed by atoms with Gasteiger partial charge in [0.25, 0.3) is 0 Å². The first-order valence-electron chi connectivity index (χ1n) is 42.8. The molecule has 0 saturated carbocycles. The highest BCUT2D eigenvalue weighted by molar-refractivity contribution is 5.67.